The van der Waals surface area contributed by atoms with E-state index in [0.29, 0.717) is 5.58 Å². The molecule has 0 radical (unpaired) electrons. The van der Waals surface area contributed by atoms with E-state index >= 15 is 0 Å². The molecule has 0 spiro atoms. The zero-order valence-electron chi connectivity index (χ0n) is 14.4. The van der Waals surface area contributed by atoms with Gasteiger partial charge in [-0.1, -0.05) is 22.0 Å². The minimum Gasteiger partial charge on any atom is -0.423 e. The average Bonchev–Trinajstić information content (AvgIpc) is 2.64. The van der Waals surface area contributed by atoms with Gasteiger partial charge in [-0.15, -0.1) is 0 Å². The van der Waals surface area contributed by atoms with Crippen molar-refractivity contribution in [1.29, 1.82) is 0 Å². The van der Waals surface area contributed by atoms with Gasteiger partial charge in [0.2, 0.25) is 0 Å². The van der Waals surface area contributed by atoms with E-state index in [4.69, 9.17) is 4.42 Å². The summed E-state index contributed by atoms with van der Waals surface area (Å²) in [7, 11) is 0. The van der Waals surface area contributed by atoms with Gasteiger partial charge in [-0.3, -0.25) is 14.8 Å². The summed E-state index contributed by atoms with van der Waals surface area (Å²) in [4.78, 5) is 21.1. The van der Waals surface area contributed by atoms with Crippen molar-refractivity contribution >= 4 is 26.9 Å². The number of pyridine rings is 1. The van der Waals surface area contributed by atoms with Crippen LogP contribution in [0.4, 0.5) is 0 Å². The summed E-state index contributed by atoms with van der Waals surface area (Å²) in [6, 6.07) is 13.5. The van der Waals surface area contributed by atoms with Crippen molar-refractivity contribution in [2.45, 2.75) is 13.1 Å². The minimum absolute atomic E-state index is 0.292. The molecule has 3 heterocycles. The molecule has 1 aliphatic heterocycles. The van der Waals surface area contributed by atoms with E-state index < -0.39 is 0 Å². The summed E-state index contributed by atoms with van der Waals surface area (Å²) in [6.45, 7) is 5.61. The van der Waals surface area contributed by atoms with Crippen molar-refractivity contribution < 1.29 is 4.42 Å². The number of fused-ring (bicyclic) bond motifs is 1. The molecule has 2 aromatic heterocycles. The van der Waals surface area contributed by atoms with E-state index in [2.05, 4.69) is 36.8 Å². The maximum atomic E-state index is 11.9. The number of benzene rings is 1. The second kappa shape index (κ2) is 7.70. The number of nitrogens with zero attached hydrogens (tertiary/aromatic N) is 3. The fourth-order valence-corrected chi connectivity index (χ4v) is 3.74. The third-order valence-electron chi connectivity index (χ3n) is 4.76. The summed E-state index contributed by atoms with van der Waals surface area (Å²) >= 11 is 3.43. The Morgan fingerprint density at radius 3 is 2.50 bits per heavy atom. The van der Waals surface area contributed by atoms with E-state index in [1.54, 1.807) is 6.07 Å². The number of hydrogen-bond donors (Lipinski definition) is 0. The molecule has 0 bridgehead atoms. The van der Waals surface area contributed by atoms with E-state index in [1.165, 1.54) is 0 Å². The topological polar surface area (TPSA) is 49.6 Å². The highest BCUT2D eigenvalue weighted by molar-refractivity contribution is 9.10. The first kappa shape index (κ1) is 17.4. The summed E-state index contributed by atoms with van der Waals surface area (Å²) in [5, 5.41) is 1.00. The lowest BCUT2D eigenvalue weighted by Gasteiger charge is -2.34. The summed E-state index contributed by atoms with van der Waals surface area (Å²) in [5.74, 6) is 0. The molecule has 5 nitrogen and oxygen atoms in total. The molecule has 6 heteroatoms. The zero-order chi connectivity index (χ0) is 17.9. The standard InChI is InChI=1S/C20H20BrN3O2/c21-16-4-5-18-15(11-20(25)26-19(18)12-16)13-23-7-9-24(10-8-23)14-17-3-1-2-6-22-17/h1-6,11-12H,7-10,13-14H2. The van der Waals surface area contributed by atoms with E-state index in [9.17, 15) is 4.79 Å². The number of aromatic nitrogens is 1. The number of rotatable bonds is 4. The molecule has 1 aliphatic rings. The van der Waals surface area contributed by atoms with Crippen LogP contribution >= 0.6 is 15.9 Å². The van der Waals surface area contributed by atoms with Crippen molar-refractivity contribution in [3.63, 3.8) is 0 Å². The van der Waals surface area contributed by atoms with Gasteiger partial charge in [-0.25, -0.2) is 4.79 Å². The lowest BCUT2D eigenvalue weighted by atomic mass is 10.1. The molecule has 1 fully saturated rings. The number of piperazine rings is 1. The van der Waals surface area contributed by atoms with E-state index in [-0.39, 0.29) is 5.63 Å². The van der Waals surface area contributed by atoms with Gasteiger partial charge < -0.3 is 4.42 Å². The Balaban J connectivity index is 1.43. The molecule has 0 atom stereocenters. The van der Waals surface area contributed by atoms with Crippen molar-refractivity contribution in [1.82, 2.24) is 14.8 Å². The molecule has 0 saturated carbocycles. The van der Waals surface area contributed by atoms with Crippen LogP contribution in [0.25, 0.3) is 11.0 Å². The molecule has 0 unspecified atom stereocenters. The van der Waals surface area contributed by atoms with Crippen molar-refractivity contribution in [2.24, 2.45) is 0 Å². The minimum atomic E-state index is -0.292. The predicted octanol–water partition coefficient (Wildman–Crippen LogP) is 3.27. The maximum Gasteiger partial charge on any atom is 0.336 e. The molecule has 1 aromatic carbocycles. The van der Waals surface area contributed by atoms with Crippen molar-refractivity contribution in [3.05, 3.63) is 74.8 Å². The third-order valence-corrected chi connectivity index (χ3v) is 5.26. The quantitative estimate of drug-likeness (QED) is 0.614. The molecule has 3 aromatic rings. The molecule has 0 amide bonds. The molecule has 134 valence electrons. The van der Waals surface area contributed by atoms with Gasteiger partial charge in [0.1, 0.15) is 5.58 Å². The monoisotopic (exact) mass is 413 g/mol. The smallest absolute Gasteiger partial charge is 0.336 e. The van der Waals surface area contributed by atoms with Gasteiger partial charge in [0.15, 0.2) is 0 Å². The van der Waals surface area contributed by atoms with Crippen molar-refractivity contribution in [2.75, 3.05) is 26.2 Å². The van der Waals surface area contributed by atoms with E-state index in [0.717, 1.165) is 60.4 Å². The van der Waals surface area contributed by atoms with Gasteiger partial charge in [-0.2, -0.15) is 0 Å². The molecule has 4 rings (SSSR count). The van der Waals surface area contributed by atoms with Crippen LogP contribution in [0, 0.1) is 0 Å². The summed E-state index contributed by atoms with van der Waals surface area (Å²) in [5.41, 5.74) is 2.48. The molecular weight excluding hydrogens is 394 g/mol. The van der Waals surface area contributed by atoms with Crippen LogP contribution in [0.5, 0.6) is 0 Å². The normalized spacial score (nSPS) is 16.2. The molecule has 26 heavy (non-hydrogen) atoms. The highest BCUT2D eigenvalue weighted by Crippen LogP contribution is 2.23. The molecule has 0 aliphatic carbocycles. The van der Waals surface area contributed by atoms with Crippen LogP contribution in [0.15, 0.2) is 62.3 Å². The second-order valence-electron chi connectivity index (χ2n) is 6.60. The summed E-state index contributed by atoms with van der Waals surface area (Å²) < 4.78 is 6.25. The van der Waals surface area contributed by atoms with Crippen molar-refractivity contribution in [3.8, 4) is 0 Å². The predicted molar refractivity (Wildman–Crippen MR) is 105 cm³/mol. The van der Waals surface area contributed by atoms with Gasteiger partial charge in [0, 0.05) is 61.4 Å². The van der Waals surface area contributed by atoms with Crippen LogP contribution in [-0.2, 0) is 13.1 Å². The first-order chi connectivity index (χ1) is 12.7. The van der Waals surface area contributed by atoms with Crippen LogP contribution < -0.4 is 5.63 Å². The highest BCUT2D eigenvalue weighted by Gasteiger charge is 2.18. The average molecular weight is 414 g/mol. The third kappa shape index (κ3) is 4.03. The van der Waals surface area contributed by atoms with Gasteiger partial charge in [0.05, 0.1) is 5.69 Å². The van der Waals surface area contributed by atoms with Crippen LogP contribution in [-0.4, -0.2) is 41.0 Å². The fourth-order valence-electron chi connectivity index (χ4n) is 3.40. The fraction of sp³-hybridized carbons (Fsp3) is 0.300. The first-order valence-electron chi connectivity index (χ1n) is 8.74. The Labute approximate surface area is 160 Å². The maximum absolute atomic E-state index is 11.9. The van der Waals surface area contributed by atoms with E-state index in [1.807, 2.05) is 36.5 Å². The second-order valence-corrected chi connectivity index (χ2v) is 7.52. The van der Waals surface area contributed by atoms with Gasteiger partial charge in [-0.05, 0) is 35.9 Å². The first-order valence-corrected chi connectivity index (χ1v) is 9.53. The highest BCUT2D eigenvalue weighted by atomic mass is 79.9. The largest absolute Gasteiger partial charge is 0.423 e. The molecular formula is C20H20BrN3O2. The van der Waals surface area contributed by atoms with Crippen LogP contribution in [0.1, 0.15) is 11.3 Å². The molecule has 0 N–H and O–H groups in total. The number of halogens is 1. The van der Waals surface area contributed by atoms with Gasteiger partial charge in [0.25, 0.3) is 0 Å². The van der Waals surface area contributed by atoms with Gasteiger partial charge >= 0.3 is 5.63 Å². The Hall–Kier alpha value is -2.02. The lowest BCUT2D eigenvalue weighted by Crippen LogP contribution is -2.45. The Bertz CT molecular complexity index is 950. The van der Waals surface area contributed by atoms with Crippen LogP contribution in [0.3, 0.4) is 0 Å². The lowest BCUT2D eigenvalue weighted by molar-refractivity contribution is 0.121. The SMILES string of the molecule is O=c1cc(CN2CCN(Cc3ccccn3)CC2)c2ccc(Br)cc2o1. The summed E-state index contributed by atoms with van der Waals surface area (Å²) in [6.07, 6.45) is 1.84. The Morgan fingerprint density at radius 1 is 1.00 bits per heavy atom. The number of hydrogen-bond acceptors (Lipinski definition) is 5. The van der Waals surface area contributed by atoms with Crippen LogP contribution in [0.2, 0.25) is 0 Å². The Morgan fingerprint density at radius 2 is 1.77 bits per heavy atom. The zero-order valence-corrected chi connectivity index (χ0v) is 16.0. The molecule has 1 saturated heterocycles. The Kier molecular flexibility index (Phi) is 5.15.